The van der Waals surface area contributed by atoms with Crippen molar-refractivity contribution < 1.29 is 22.7 Å². The van der Waals surface area contributed by atoms with Gasteiger partial charge in [0.2, 0.25) is 10.0 Å². The summed E-state index contributed by atoms with van der Waals surface area (Å²) >= 11 is 0. The number of amides is 1. The van der Waals surface area contributed by atoms with E-state index in [4.69, 9.17) is 9.47 Å². The second-order valence-electron chi connectivity index (χ2n) is 7.20. The van der Waals surface area contributed by atoms with Gasteiger partial charge < -0.3 is 14.8 Å². The van der Waals surface area contributed by atoms with Crippen LogP contribution in [0, 0.1) is 0 Å². The standard InChI is InChI=1S/C22H24N2O5S/c1-2-10-23-22(25)17-5-3-6-18(14-17)30(26,27)24-11-4-7-19(24)16-8-9-20-21(15-16)29-13-12-28-20/h2-3,5-6,8-9,14-15,19H,1,4,7,10-13H2,(H,23,25). The Morgan fingerprint density at radius 3 is 2.77 bits per heavy atom. The number of sulfonamides is 1. The Morgan fingerprint density at radius 1 is 1.17 bits per heavy atom. The highest BCUT2D eigenvalue weighted by Gasteiger charge is 2.37. The third-order valence-corrected chi connectivity index (χ3v) is 7.17. The largest absolute Gasteiger partial charge is 0.486 e. The van der Waals surface area contributed by atoms with Crippen LogP contribution in [-0.2, 0) is 10.0 Å². The van der Waals surface area contributed by atoms with Crippen LogP contribution in [0.4, 0.5) is 0 Å². The minimum Gasteiger partial charge on any atom is -0.486 e. The topological polar surface area (TPSA) is 84.9 Å². The molecule has 4 rings (SSSR count). The molecule has 1 unspecified atom stereocenters. The molecule has 0 bridgehead atoms. The van der Waals surface area contributed by atoms with Crippen LogP contribution < -0.4 is 14.8 Å². The molecule has 158 valence electrons. The maximum atomic E-state index is 13.4. The zero-order valence-corrected chi connectivity index (χ0v) is 17.4. The molecule has 1 atom stereocenters. The molecule has 2 aromatic rings. The summed E-state index contributed by atoms with van der Waals surface area (Å²) in [4.78, 5) is 12.3. The van der Waals surface area contributed by atoms with E-state index in [1.807, 2.05) is 18.2 Å². The summed E-state index contributed by atoms with van der Waals surface area (Å²) in [6.45, 7) is 5.29. The van der Waals surface area contributed by atoms with Gasteiger partial charge in [0.05, 0.1) is 10.9 Å². The molecule has 0 aliphatic carbocycles. The Balaban J connectivity index is 1.62. The summed E-state index contributed by atoms with van der Waals surface area (Å²) in [6, 6.07) is 11.4. The molecular weight excluding hydrogens is 404 g/mol. The predicted octanol–water partition coefficient (Wildman–Crippen LogP) is 2.90. The first-order valence-electron chi connectivity index (χ1n) is 9.91. The van der Waals surface area contributed by atoms with Crippen molar-refractivity contribution in [1.82, 2.24) is 9.62 Å². The van der Waals surface area contributed by atoms with E-state index >= 15 is 0 Å². The average Bonchev–Trinajstić information content (AvgIpc) is 3.28. The molecule has 1 N–H and O–H groups in total. The molecular formula is C22H24N2O5S. The third kappa shape index (κ3) is 3.93. The number of ether oxygens (including phenoxy) is 2. The fourth-order valence-corrected chi connectivity index (χ4v) is 5.56. The Bertz CT molecular complexity index is 1070. The number of nitrogens with zero attached hydrogens (tertiary/aromatic N) is 1. The molecule has 2 aromatic carbocycles. The van der Waals surface area contributed by atoms with Gasteiger partial charge >= 0.3 is 0 Å². The average molecular weight is 429 g/mol. The molecule has 0 radical (unpaired) electrons. The summed E-state index contributed by atoms with van der Waals surface area (Å²) in [5, 5.41) is 2.67. The summed E-state index contributed by atoms with van der Waals surface area (Å²) in [7, 11) is -3.77. The molecule has 30 heavy (non-hydrogen) atoms. The Morgan fingerprint density at radius 2 is 1.97 bits per heavy atom. The quantitative estimate of drug-likeness (QED) is 0.715. The van der Waals surface area contributed by atoms with Crippen molar-refractivity contribution in [3.8, 4) is 11.5 Å². The van der Waals surface area contributed by atoms with E-state index in [2.05, 4.69) is 11.9 Å². The van der Waals surface area contributed by atoms with Crippen LogP contribution >= 0.6 is 0 Å². The molecule has 1 saturated heterocycles. The van der Waals surface area contributed by atoms with Crippen molar-refractivity contribution in [3.63, 3.8) is 0 Å². The van der Waals surface area contributed by atoms with Crippen molar-refractivity contribution in [2.45, 2.75) is 23.8 Å². The van der Waals surface area contributed by atoms with Crippen molar-refractivity contribution in [3.05, 3.63) is 66.2 Å². The zero-order chi connectivity index (χ0) is 21.1. The van der Waals surface area contributed by atoms with Gasteiger partial charge in [0.25, 0.3) is 5.91 Å². The van der Waals surface area contributed by atoms with Gasteiger partial charge in [0, 0.05) is 18.7 Å². The van der Waals surface area contributed by atoms with Crippen molar-refractivity contribution in [2.24, 2.45) is 0 Å². The highest BCUT2D eigenvalue weighted by Crippen LogP contribution is 2.40. The monoisotopic (exact) mass is 428 g/mol. The fourth-order valence-electron chi connectivity index (χ4n) is 3.83. The molecule has 1 amide bonds. The lowest BCUT2D eigenvalue weighted by atomic mass is 10.0. The normalized spacial score (nSPS) is 18.7. The molecule has 8 heteroatoms. The number of fused-ring (bicyclic) bond motifs is 1. The third-order valence-electron chi connectivity index (χ3n) is 5.26. The lowest BCUT2D eigenvalue weighted by Gasteiger charge is -2.26. The Kier molecular flexibility index (Phi) is 5.78. The first-order chi connectivity index (χ1) is 14.5. The first kappa shape index (κ1) is 20.4. The van der Waals surface area contributed by atoms with Gasteiger partial charge in [0.15, 0.2) is 11.5 Å². The van der Waals surface area contributed by atoms with Gasteiger partial charge in [-0.05, 0) is 48.7 Å². The first-order valence-corrected chi connectivity index (χ1v) is 11.4. The number of benzene rings is 2. The van der Waals surface area contributed by atoms with E-state index in [9.17, 15) is 13.2 Å². The summed E-state index contributed by atoms with van der Waals surface area (Å²) in [5.74, 6) is 0.983. The SMILES string of the molecule is C=CCNC(=O)c1cccc(S(=O)(=O)N2CCCC2c2ccc3c(c2)OCCO3)c1. The van der Waals surface area contributed by atoms with E-state index in [0.29, 0.717) is 43.4 Å². The van der Waals surface area contributed by atoms with E-state index in [0.717, 1.165) is 18.4 Å². The summed E-state index contributed by atoms with van der Waals surface area (Å²) < 4.78 is 39.6. The molecule has 2 aliphatic heterocycles. The maximum Gasteiger partial charge on any atom is 0.251 e. The van der Waals surface area contributed by atoms with Gasteiger partial charge in [-0.3, -0.25) is 4.79 Å². The molecule has 1 fully saturated rings. The van der Waals surface area contributed by atoms with Gasteiger partial charge in [-0.2, -0.15) is 4.31 Å². The smallest absolute Gasteiger partial charge is 0.251 e. The second kappa shape index (κ2) is 8.49. The van der Waals surface area contributed by atoms with Crippen molar-refractivity contribution in [1.29, 1.82) is 0 Å². The van der Waals surface area contributed by atoms with Gasteiger partial charge in [-0.25, -0.2) is 8.42 Å². The van der Waals surface area contributed by atoms with Crippen LogP contribution in [0.1, 0.15) is 34.8 Å². The predicted molar refractivity (Wildman–Crippen MR) is 112 cm³/mol. The van der Waals surface area contributed by atoms with Crippen LogP contribution in [0.2, 0.25) is 0 Å². The van der Waals surface area contributed by atoms with Gasteiger partial charge in [-0.1, -0.05) is 18.2 Å². The van der Waals surface area contributed by atoms with Crippen LogP contribution in [0.25, 0.3) is 0 Å². The molecule has 0 saturated carbocycles. The molecule has 0 aromatic heterocycles. The minimum absolute atomic E-state index is 0.109. The van der Waals surface area contributed by atoms with Crippen molar-refractivity contribution in [2.75, 3.05) is 26.3 Å². The number of hydrogen-bond donors (Lipinski definition) is 1. The van der Waals surface area contributed by atoms with E-state index in [1.54, 1.807) is 18.2 Å². The number of nitrogens with one attached hydrogen (secondary N) is 1. The maximum absolute atomic E-state index is 13.4. The van der Waals surface area contributed by atoms with Gasteiger partial charge in [-0.15, -0.1) is 6.58 Å². The van der Waals surface area contributed by atoms with Crippen LogP contribution in [0.15, 0.2) is 60.0 Å². The number of rotatable bonds is 6. The highest BCUT2D eigenvalue weighted by atomic mass is 32.2. The lowest BCUT2D eigenvalue weighted by molar-refractivity contribution is 0.0958. The van der Waals surface area contributed by atoms with E-state index in [-0.39, 0.29) is 16.8 Å². The number of hydrogen-bond acceptors (Lipinski definition) is 5. The molecule has 2 heterocycles. The second-order valence-corrected chi connectivity index (χ2v) is 9.09. The van der Waals surface area contributed by atoms with E-state index in [1.165, 1.54) is 16.4 Å². The van der Waals surface area contributed by atoms with Gasteiger partial charge in [0.1, 0.15) is 13.2 Å². The highest BCUT2D eigenvalue weighted by molar-refractivity contribution is 7.89. The number of carbonyl (C=O) groups is 1. The summed E-state index contributed by atoms with van der Waals surface area (Å²) in [5.41, 5.74) is 1.17. The molecule has 7 nitrogen and oxygen atoms in total. The zero-order valence-electron chi connectivity index (χ0n) is 16.5. The summed E-state index contributed by atoms with van der Waals surface area (Å²) in [6.07, 6.45) is 3.05. The van der Waals surface area contributed by atoms with Crippen molar-refractivity contribution >= 4 is 15.9 Å². The Hall–Kier alpha value is -2.84. The Labute approximate surface area is 176 Å². The van der Waals surface area contributed by atoms with Crippen LogP contribution in [0.3, 0.4) is 0 Å². The van der Waals surface area contributed by atoms with Crippen LogP contribution in [-0.4, -0.2) is 44.9 Å². The lowest BCUT2D eigenvalue weighted by Crippen LogP contribution is -2.31. The minimum atomic E-state index is -3.77. The van der Waals surface area contributed by atoms with Crippen LogP contribution in [0.5, 0.6) is 11.5 Å². The van der Waals surface area contributed by atoms with E-state index < -0.39 is 10.0 Å². The molecule has 2 aliphatic rings. The fraction of sp³-hybridized carbons (Fsp3) is 0.318. The molecule has 0 spiro atoms. The number of carbonyl (C=O) groups excluding carboxylic acids is 1.